The smallest absolute Gasteiger partial charge is 0.338 e. The van der Waals surface area contributed by atoms with Crippen LogP contribution in [0.15, 0.2) is 29.5 Å². The van der Waals surface area contributed by atoms with Crippen LogP contribution in [0.2, 0.25) is 0 Å². The second-order valence-electron chi connectivity index (χ2n) is 4.70. The van der Waals surface area contributed by atoms with Gasteiger partial charge in [0.05, 0.1) is 24.0 Å². The molecule has 0 spiro atoms. The zero-order chi connectivity index (χ0) is 16.3. The summed E-state index contributed by atoms with van der Waals surface area (Å²) in [5.74, 6) is -4.35. The molecule has 0 fully saturated rings. The topological polar surface area (TPSA) is 35.5 Å². The van der Waals surface area contributed by atoms with Crippen LogP contribution < -0.4 is 0 Å². The molecule has 1 aliphatic rings. The van der Waals surface area contributed by atoms with Gasteiger partial charge in [-0.05, 0) is 25.0 Å². The Morgan fingerprint density at radius 3 is 2.50 bits per heavy atom. The fraction of sp³-hybridized carbons (Fsp3) is 0.312. The van der Waals surface area contributed by atoms with Crippen LogP contribution in [-0.2, 0) is 14.3 Å². The zero-order valence-electron chi connectivity index (χ0n) is 12.2. The molecule has 0 aromatic heterocycles. The molecule has 1 aromatic rings. The molecular formula is C16H15F3O3. The van der Waals surface area contributed by atoms with Gasteiger partial charge >= 0.3 is 5.97 Å². The lowest BCUT2D eigenvalue weighted by molar-refractivity contribution is -0.138. The first-order valence-electron chi connectivity index (χ1n) is 6.87. The van der Waals surface area contributed by atoms with Crippen molar-refractivity contribution in [1.82, 2.24) is 0 Å². The van der Waals surface area contributed by atoms with Gasteiger partial charge in [0.2, 0.25) is 0 Å². The van der Waals surface area contributed by atoms with Gasteiger partial charge in [-0.3, -0.25) is 0 Å². The summed E-state index contributed by atoms with van der Waals surface area (Å²) in [6, 6.07) is 1.09. The van der Waals surface area contributed by atoms with E-state index in [1.165, 1.54) is 6.26 Å². The van der Waals surface area contributed by atoms with Crippen molar-refractivity contribution in [3.63, 3.8) is 0 Å². The Bertz CT molecular complexity index is 663. The summed E-state index contributed by atoms with van der Waals surface area (Å²) in [7, 11) is 0. The minimum absolute atomic E-state index is 0.0890. The van der Waals surface area contributed by atoms with Crippen molar-refractivity contribution in [2.45, 2.75) is 26.7 Å². The number of benzene rings is 1. The van der Waals surface area contributed by atoms with Gasteiger partial charge in [0, 0.05) is 12.5 Å². The lowest BCUT2D eigenvalue weighted by atomic mass is 9.98. The molecule has 118 valence electrons. The van der Waals surface area contributed by atoms with E-state index in [0.717, 1.165) is 5.57 Å². The van der Waals surface area contributed by atoms with Crippen LogP contribution in [0.4, 0.5) is 13.2 Å². The van der Waals surface area contributed by atoms with Gasteiger partial charge in [-0.15, -0.1) is 0 Å². The van der Waals surface area contributed by atoms with E-state index in [0.29, 0.717) is 18.6 Å². The molecule has 3 nitrogen and oxygen atoms in total. The number of ether oxygens (including phenoxy) is 2. The predicted molar refractivity (Wildman–Crippen MR) is 73.9 cm³/mol. The summed E-state index contributed by atoms with van der Waals surface area (Å²) in [5.41, 5.74) is 0.592. The maximum absolute atomic E-state index is 13.9. The maximum Gasteiger partial charge on any atom is 0.338 e. The van der Waals surface area contributed by atoms with Crippen molar-refractivity contribution >= 4 is 11.7 Å². The Morgan fingerprint density at radius 2 is 1.86 bits per heavy atom. The minimum Gasteiger partial charge on any atom is -0.464 e. The van der Waals surface area contributed by atoms with Gasteiger partial charge in [-0.2, -0.15) is 0 Å². The third-order valence-corrected chi connectivity index (χ3v) is 3.25. The molecule has 0 saturated heterocycles. The zero-order valence-corrected chi connectivity index (χ0v) is 12.2. The molecule has 0 saturated carbocycles. The van der Waals surface area contributed by atoms with E-state index in [9.17, 15) is 18.0 Å². The predicted octanol–water partition coefficient (Wildman–Crippen LogP) is 4.09. The summed E-state index contributed by atoms with van der Waals surface area (Å²) < 4.78 is 50.6. The Balaban J connectivity index is 2.52. The van der Waals surface area contributed by atoms with E-state index in [2.05, 4.69) is 0 Å². The van der Waals surface area contributed by atoms with Gasteiger partial charge in [-0.1, -0.05) is 6.92 Å². The van der Waals surface area contributed by atoms with Crippen LogP contribution in [0.25, 0.3) is 5.76 Å². The van der Waals surface area contributed by atoms with E-state index in [1.54, 1.807) is 6.92 Å². The van der Waals surface area contributed by atoms with Gasteiger partial charge in [0.1, 0.15) is 11.6 Å². The van der Waals surface area contributed by atoms with Gasteiger partial charge in [0.15, 0.2) is 11.6 Å². The van der Waals surface area contributed by atoms with Crippen molar-refractivity contribution in [3.05, 3.63) is 52.6 Å². The Kier molecular flexibility index (Phi) is 4.90. The van der Waals surface area contributed by atoms with Crippen LogP contribution in [0, 0.1) is 17.5 Å². The van der Waals surface area contributed by atoms with Crippen molar-refractivity contribution in [2.24, 2.45) is 0 Å². The normalized spacial score (nSPS) is 14.5. The number of hydrogen-bond donors (Lipinski definition) is 0. The highest BCUT2D eigenvalue weighted by Crippen LogP contribution is 2.33. The molecule has 0 aliphatic carbocycles. The molecular weight excluding hydrogens is 297 g/mol. The first-order valence-corrected chi connectivity index (χ1v) is 6.87. The quantitative estimate of drug-likeness (QED) is 0.620. The largest absolute Gasteiger partial charge is 0.464 e. The van der Waals surface area contributed by atoms with Crippen molar-refractivity contribution in [2.75, 3.05) is 6.61 Å². The monoisotopic (exact) mass is 312 g/mol. The highest BCUT2D eigenvalue weighted by molar-refractivity contribution is 5.97. The number of carbonyl (C=O) groups is 1. The third kappa shape index (κ3) is 3.16. The lowest BCUT2D eigenvalue weighted by Crippen LogP contribution is -2.15. The molecule has 22 heavy (non-hydrogen) atoms. The summed E-state index contributed by atoms with van der Waals surface area (Å²) in [4.78, 5) is 12.0. The van der Waals surface area contributed by atoms with Crippen molar-refractivity contribution in [3.8, 4) is 0 Å². The first kappa shape index (κ1) is 16.1. The second kappa shape index (κ2) is 6.68. The van der Waals surface area contributed by atoms with E-state index in [4.69, 9.17) is 9.47 Å². The molecule has 0 atom stereocenters. The van der Waals surface area contributed by atoms with Crippen LogP contribution in [-0.4, -0.2) is 12.6 Å². The van der Waals surface area contributed by atoms with Gasteiger partial charge < -0.3 is 9.47 Å². The fourth-order valence-corrected chi connectivity index (χ4v) is 2.08. The Hall–Kier alpha value is -2.24. The number of rotatable bonds is 4. The van der Waals surface area contributed by atoms with Crippen LogP contribution >= 0.6 is 0 Å². The molecule has 1 aromatic carbocycles. The molecule has 1 heterocycles. The molecule has 2 rings (SSSR count). The van der Waals surface area contributed by atoms with Gasteiger partial charge in [0.25, 0.3) is 0 Å². The standard InChI is InChI=1S/C16H15F3O3/c1-3-9-5-11(16(20)21-4-2)15(22-8-9)10-6-13(18)14(19)7-12(10)17/h6-8H,3-5H2,1-2H3. The second-order valence-corrected chi connectivity index (χ2v) is 4.70. The molecule has 0 N–H and O–H groups in total. The summed E-state index contributed by atoms with van der Waals surface area (Å²) in [5, 5.41) is 0. The number of allylic oxidation sites excluding steroid dienone is 1. The number of hydrogen-bond acceptors (Lipinski definition) is 3. The number of carbonyl (C=O) groups excluding carboxylic acids is 1. The average molecular weight is 312 g/mol. The van der Waals surface area contributed by atoms with Crippen LogP contribution in [0.3, 0.4) is 0 Å². The highest BCUT2D eigenvalue weighted by Gasteiger charge is 2.26. The Morgan fingerprint density at radius 1 is 1.18 bits per heavy atom. The summed E-state index contributed by atoms with van der Waals surface area (Å²) >= 11 is 0. The molecule has 0 unspecified atom stereocenters. The highest BCUT2D eigenvalue weighted by atomic mass is 19.2. The molecule has 0 bridgehead atoms. The molecule has 6 heteroatoms. The molecule has 1 aliphatic heterocycles. The van der Waals surface area contributed by atoms with Crippen molar-refractivity contribution in [1.29, 1.82) is 0 Å². The van der Waals surface area contributed by atoms with Gasteiger partial charge in [-0.25, -0.2) is 18.0 Å². The molecule has 0 radical (unpaired) electrons. The lowest BCUT2D eigenvalue weighted by Gasteiger charge is -2.20. The van der Waals surface area contributed by atoms with Crippen LogP contribution in [0.5, 0.6) is 0 Å². The van der Waals surface area contributed by atoms with Crippen LogP contribution in [0.1, 0.15) is 32.3 Å². The molecule has 0 amide bonds. The van der Waals surface area contributed by atoms with Crippen molar-refractivity contribution < 1.29 is 27.4 Å². The van der Waals surface area contributed by atoms with E-state index in [1.807, 2.05) is 6.92 Å². The average Bonchev–Trinajstić information content (AvgIpc) is 2.50. The third-order valence-electron chi connectivity index (χ3n) is 3.25. The summed E-state index contributed by atoms with van der Waals surface area (Å²) in [6.45, 7) is 3.65. The van der Waals surface area contributed by atoms with E-state index in [-0.39, 0.29) is 29.9 Å². The number of halogens is 3. The number of esters is 1. The van der Waals surface area contributed by atoms with E-state index >= 15 is 0 Å². The SMILES string of the molecule is CCOC(=O)C1=C(c2cc(F)c(F)cc2F)OC=C(CC)C1. The maximum atomic E-state index is 13.9. The fourth-order valence-electron chi connectivity index (χ4n) is 2.08. The Labute approximate surface area is 126 Å². The summed E-state index contributed by atoms with van der Waals surface area (Å²) in [6.07, 6.45) is 2.23. The first-order chi connectivity index (χ1) is 10.5. The minimum atomic E-state index is -1.31. The van der Waals surface area contributed by atoms with E-state index < -0.39 is 23.4 Å².